The van der Waals surface area contributed by atoms with E-state index in [1.165, 1.54) is 6.92 Å². The maximum Gasteiger partial charge on any atom is 0.266 e. The molecule has 0 aliphatic heterocycles. The molecule has 3 aromatic rings. The van der Waals surface area contributed by atoms with Crippen LogP contribution in [0.4, 0.5) is 5.69 Å². The van der Waals surface area contributed by atoms with Crippen LogP contribution in [0.1, 0.15) is 42.4 Å². The highest BCUT2D eigenvalue weighted by Crippen LogP contribution is 2.25. The summed E-state index contributed by atoms with van der Waals surface area (Å²) in [5.41, 5.74) is 8.47. The molecular weight excluding hydrogens is 526 g/mol. The summed E-state index contributed by atoms with van der Waals surface area (Å²) in [6.45, 7) is 1.82. The van der Waals surface area contributed by atoms with Crippen LogP contribution in [0.5, 0.6) is 0 Å². The minimum Gasteiger partial charge on any atom is -0.365 e. The molecule has 3 rings (SSSR count). The average molecular weight is 560 g/mol. The van der Waals surface area contributed by atoms with Gasteiger partial charge in [-0.05, 0) is 41.7 Å². The highest BCUT2D eigenvalue weighted by atomic mass is 16.7. The molecule has 0 aliphatic carbocycles. The van der Waals surface area contributed by atoms with E-state index in [0.29, 0.717) is 12.1 Å². The lowest BCUT2D eigenvalue weighted by molar-refractivity contribution is -0.485. The van der Waals surface area contributed by atoms with Crippen LogP contribution in [0, 0.1) is 10.1 Å². The van der Waals surface area contributed by atoms with E-state index < -0.39 is 22.9 Å². The second-order valence-electron chi connectivity index (χ2n) is 9.20. The molecule has 0 saturated carbocycles. The molecule has 0 fully saturated rings. The zero-order valence-electron chi connectivity index (χ0n) is 22.6. The number of nitrogens with zero attached hydrogens (tertiary/aromatic N) is 2. The zero-order valence-corrected chi connectivity index (χ0v) is 22.6. The first-order valence-corrected chi connectivity index (χ1v) is 13.0. The molecule has 41 heavy (non-hydrogen) atoms. The van der Waals surface area contributed by atoms with Crippen molar-refractivity contribution in [2.75, 3.05) is 11.9 Å². The molecule has 0 unspecified atom stereocenters. The lowest BCUT2D eigenvalue weighted by Crippen LogP contribution is -2.48. The van der Waals surface area contributed by atoms with Gasteiger partial charge in [0.15, 0.2) is 5.03 Å². The van der Waals surface area contributed by atoms with Crippen molar-refractivity contribution < 1.29 is 19.4 Å². The molecular formula is C29H33N7O5. The van der Waals surface area contributed by atoms with Crippen LogP contribution in [-0.2, 0) is 20.9 Å². The van der Waals surface area contributed by atoms with Gasteiger partial charge in [0.05, 0.1) is 5.92 Å². The number of guanidine groups is 1. The number of nitrogens with two attached hydrogens (primary N) is 1. The molecule has 3 amide bonds. The maximum atomic E-state index is 13.7. The fraction of sp³-hybridized carbons (Fsp3) is 0.241. The number of nitro groups is 1. The molecule has 12 nitrogen and oxygen atoms in total. The van der Waals surface area contributed by atoms with E-state index in [4.69, 9.17) is 5.73 Å². The number of carbonyl (C=O) groups excluding carboxylic acids is 3. The lowest BCUT2D eigenvalue weighted by atomic mass is 9.90. The van der Waals surface area contributed by atoms with E-state index in [1.54, 1.807) is 24.3 Å². The van der Waals surface area contributed by atoms with Crippen LogP contribution in [0.2, 0.25) is 0 Å². The van der Waals surface area contributed by atoms with Crippen molar-refractivity contribution in [1.82, 2.24) is 16.0 Å². The standard InChI is InChI=1S/C29H33N7O5/c1-20(37)33-24-16-14-21(15-17-24)19-32-27(38)25(13-8-18-31-29(30)35-36(40)41)34-28(39)26(22-9-4-2-5-10-22)23-11-6-3-7-12-23/h2-7,9-12,14-17,25-26H,8,13,18-19H2,1H3,(H,32,38)(H,33,37)(H,34,39)(H3,30,31,35)/t25-/m1/s1. The van der Waals surface area contributed by atoms with Gasteiger partial charge in [-0.25, -0.2) is 10.1 Å². The summed E-state index contributed by atoms with van der Waals surface area (Å²) in [6, 6.07) is 24.7. The molecule has 1 atom stereocenters. The minimum absolute atomic E-state index is 0.185. The Hall–Kier alpha value is -5.26. The van der Waals surface area contributed by atoms with Gasteiger partial charge in [-0.15, -0.1) is 0 Å². The molecule has 0 heterocycles. The largest absolute Gasteiger partial charge is 0.365 e. The average Bonchev–Trinajstić information content (AvgIpc) is 2.94. The Labute approximate surface area is 237 Å². The summed E-state index contributed by atoms with van der Waals surface area (Å²) in [5.74, 6) is -1.92. The fourth-order valence-corrected chi connectivity index (χ4v) is 4.18. The molecule has 0 aromatic heterocycles. The first kappa shape index (κ1) is 30.3. The van der Waals surface area contributed by atoms with Gasteiger partial charge < -0.3 is 27.0 Å². The Morgan fingerprint density at radius 1 is 0.878 bits per heavy atom. The third-order valence-electron chi connectivity index (χ3n) is 6.07. The van der Waals surface area contributed by atoms with Gasteiger partial charge in [0, 0.05) is 25.7 Å². The van der Waals surface area contributed by atoms with Gasteiger partial charge in [0.2, 0.25) is 17.7 Å². The quantitative estimate of drug-likeness (QED) is 0.0701. The van der Waals surface area contributed by atoms with Crippen molar-refractivity contribution in [1.29, 1.82) is 0 Å². The SMILES string of the molecule is CC(=O)Nc1ccc(CNC(=O)[C@@H](CCCN/C(N)=N\[N+](=O)[O-])NC(=O)C(c2ccccc2)c2ccccc2)cc1. The number of anilines is 1. The van der Waals surface area contributed by atoms with Crippen LogP contribution in [0.15, 0.2) is 90.0 Å². The number of amides is 3. The van der Waals surface area contributed by atoms with E-state index in [1.807, 2.05) is 60.7 Å². The van der Waals surface area contributed by atoms with Crippen molar-refractivity contribution in [3.63, 3.8) is 0 Å². The summed E-state index contributed by atoms with van der Waals surface area (Å²) in [6.07, 6.45) is 0.590. The van der Waals surface area contributed by atoms with Gasteiger partial charge in [0.25, 0.3) is 5.96 Å². The van der Waals surface area contributed by atoms with Crippen LogP contribution < -0.4 is 27.0 Å². The highest BCUT2D eigenvalue weighted by molar-refractivity contribution is 5.92. The monoisotopic (exact) mass is 559 g/mol. The zero-order chi connectivity index (χ0) is 29.6. The van der Waals surface area contributed by atoms with Crippen LogP contribution in [-0.4, -0.2) is 41.3 Å². The molecule has 0 radical (unpaired) electrons. The van der Waals surface area contributed by atoms with Gasteiger partial charge in [-0.2, -0.15) is 0 Å². The molecule has 0 bridgehead atoms. The molecule has 12 heteroatoms. The third kappa shape index (κ3) is 10.1. The minimum atomic E-state index is -0.908. The molecule has 0 aliphatic rings. The number of hydrogen-bond acceptors (Lipinski definition) is 5. The van der Waals surface area contributed by atoms with Crippen LogP contribution in [0.3, 0.4) is 0 Å². The number of hydrogen-bond donors (Lipinski definition) is 5. The summed E-state index contributed by atoms with van der Waals surface area (Å²) in [5, 5.41) is 23.6. The van der Waals surface area contributed by atoms with Crippen molar-refractivity contribution >= 4 is 29.4 Å². The summed E-state index contributed by atoms with van der Waals surface area (Å²) < 4.78 is 0. The van der Waals surface area contributed by atoms with Crippen molar-refractivity contribution in [3.8, 4) is 0 Å². The Morgan fingerprint density at radius 2 is 1.46 bits per heavy atom. The number of hydrazone groups is 1. The Bertz CT molecular complexity index is 1310. The molecule has 214 valence electrons. The summed E-state index contributed by atoms with van der Waals surface area (Å²) in [4.78, 5) is 48.7. The second kappa shape index (κ2) is 15.4. The molecule has 0 spiro atoms. The second-order valence-corrected chi connectivity index (χ2v) is 9.20. The number of nitrogens with one attached hydrogen (secondary N) is 4. The van der Waals surface area contributed by atoms with E-state index in [0.717, 1.165) is 16.7 Å². The molecule has 0 saturated heterocycles. The summed E-state index contributed by atoms with van der Waals surface area (Å²) in [7, 11) is 0. The first-order chi connectivity index (χ1) is 19.7. The normalized spacial score (nSPS) is 11.8. The van der Waals surface area contributed by atoms with E-state index in [2.05, 4.69) is 26.4 Å². The van der Waals surface area contributed by atoms with Gasteiger partial charge in [-0.3, -0.25) is 14.4 Å². The molecule has 3 aromatic carbocycles. The number of carbonyl (C=O) groups is 3. The Kier molecular flexibility index (Phi) is 11.3. The Morgan fingerprint density at radius 3 is 2.00 bits per heavy atom. The van der Waals surface area contributed by atoms with Crippen molar-refractivity contribution in [2.24, 2.45) is 10.8 Å². The lowest BCUT2D eigenvalue weighted by Gasteiger charge is -2.23. The van der Waals surface area contributed by atoms with Crippen molar-refractivity contribution in [3.05, 3.63) is 112 Å². The topological polar surface area (TPSA) is 181 Å². The predicted molar refractivity (Wildman–Crippen MR) is 155 cm³/mol. The first-order valence-electron chi connectivity index (χ1n) is 13.0. The van der Waals surface area contributed by atoms with Gasteiger partial charge in [-0.1, -0.05) is 72.8 Å². The maximum absolute atomic E-state index is 13.7. The fourth-order valence-electron chi connectivity index (χ4n) is 4.18. The van der Waals surface area contributed by atoms with E-state index in [-0.39, 0.29) is 37.3 Å². The number of rotatable bonds is 13. The van der Waals surface area contributed by atoms with Crippen molar-refractivity contribution in [2.45, 2.75) is 38.3 Å². The van der Waals surface area contributed by atoms with Gasteiger partial charge in [0.1, 0.15) is 11.1 Å². The highest BCUT2D eigenvalue weighted by Gasteiger charge is 2.27. The Balaban J connectivity index is 1.73. The van der Waals surface area contributed by atoms with Gasteiger partial charge >= 0.3 is 0 Å². The third-order valence-corrected chi connectivity index (χ3v) is 6.07. The van der Waals surface area contributed by atoms with Crippen LogP contribution in [0.25, 0.3) is 0 Å². The number of benzene rings is 3. The van der Waals surface area contributed by atoms with E-state index in [9.17, 15) is 24.5 Å². The summed E-state index contributed by atoms with van der Waals surface area (Å²) >= 11 is 0. The predicted octanol–water partition coefficient (Wildman–Crippen LogP) is 2.45. The smallest absolute Gasteiger partial charge is 0.266 e. The van der Waals surface area contributed by atoms with E-state index >= 15 is 0 Å². The van der Waals surface area contributed by atoms with Crippen LogP contribution >= 0.6 is 0 Å². The molecule has 6 N–H and O–H groups in total.